The molecule has 3 N–H and O–H groups in total. The molecule has 0 bridgehead atoms. The summed E-state index contributed by atoms with van der Waals surface area (Å²) in [5, 5.41) is 18.5. The second-order valence-electron chi connectivity index (χ2n) is 4.00. The first-order valence-corrected chi connectivity index (χ1v) is 5.37. The molecule has 0 aliphatic carbocycles. The van der Waals surface area contributed by atoms with Crippen molar-refractivity contribution >= 4 is 5.95 Å². The van der Waals surface area contributed by atoms with Gasteiger partial charge in [0.2, 0.25) is 5.95 Å². The van der Waals surface area contributed by atoms with Crippen molar-refractivity contribution < 1.29 is 5.11 Å². The number of anilines is 1. The molecule has 0 amide bonds. The number of rotatable bonds is 1. The summed E-state index contributed by atoms with van der Waals surface area (Å²) < 4.78 is 0. The Hall–Kier alpha value is -2.61. The van der Waals surface area contributed by atoms with Crippen molar-refractivity contribution in [3.63, 3.8) is 0 Å². The molecule has 0 saturated carbocycles. The van der Waals surface area contributed by atoms with Crippen LogP contribution in [0.15, 0.2) is 18.2 Å². The summed E-state index contributed by atoms with van der Waals surface area (Å²) in [7, 11) is 0. The fourth-order valence-corrected chi connectivity index (χ4v) is 1.93. The summed E-state index contributed by atoms with van der Waals surface area (Å²) in [4.78, 5) is 8.01. The van der Waals surface area contributed by atoms with Gasteiger partial charge in [0, 0.05) is 5.56 Å². The third-order valence-corrected chi connectivity index (χ3v) is 2.69. The number of nitrogen functional groups attached to an aromatic ring is 1. The number of benzene rings is 1. The molecule has 0 aliphatic heterocycles. The second-order valence-corrected chi connectivity index (χ2v) is 4.00. The molecule has 0 atom stereocenters. The van der Waals surface area contributed by atoms with E-state index in [2.05, 4.69) is 9.97 Å². The summed E-state index contributed by atoms with van der Waals surface area (Å²) in [5.41, 5.74) is 8.75. The molecule has 0 unspecified atom stereocenters. The normalized spacial score (nSPS) is 10.1. The largest absolute Gasteiger partial charge is 0.508 e. The molecular weight excluding hydrogens is 228 g/mol. The predicted octanol–water partition coefficient (Wildman–Crippen LogP) is 1.92. The van der Waals surface area contributed by atoms with Gasteiger partial charge < -0.3 is 10.8 Å². The van der Waals surface area contributed by atoms with Gasteiger partial charge in [0.05, 0.1) is 5.69 Å². The number of hydrogen-bond acceptors (Lipinski definition) is 5. The van der Waals surface area contributed by atoms with Crippen molar-refractivity contribution in [1.29, 1.82) is 5.26 Å². The van der Waals surface area contributed by atoms with Crippen LogP contribution >= 0.6 is 0 Å². The number of phenolic OH excluding ortho intramolecular Hbond substituents is 1. The highest BCUT2D eigenvalue weighted by Gasteiger charge is 2.14. The Bertz CT molecular complexity index is 659. The van der Waals surface area contributed by atoms with Gasteiger partial charge in [-0.15, -0.1) is 0 Å². The Morgan fingerprint density at radius 3 is 2.61 bits per heavy atom. The topological polar surface area (TPSA) is 95.8 Å². The first kappa shape index (κ1) is 11.9. The van der Waals surface area contributed by atoms with Crippen LogP contribution in [-0.2, 0) is 0 Å². The zero-order valence-electron chi connectivity index (χ0n) is 10.1. The van der Waals surface area contributed by atoms with E-state index in [0.29, 0.717) is 11.3 Å². The van der Waals surface area contributed by atoms with E-state index in [1.54, 1.807) is 25.1 Å². The Labute approximate surface area is 105 Å². The van der Waals surface area contributed by atoms with Crippen LogP contribution in [-0.4, -0.2) is 15.1 Å². The lowest BCUT2D eigenvalue weighted by molar-refractivity contribution is 0.475. The van der Waals surface area contributed by atoms with Crippen LogP contribution < -0.4 is 5.73 Å². The van der Waals surface area contributed by atoms with Gasteiger partial charge in [0.1, 0.15) is 11.8 Å². The highest BCUT2D eigenvalue weighted by atomic mass is 16.3. The van der Waals surface area contributed by atoms with Gasteiger partial charge in [-0.1, -0.05) is 6.07 Å². The Morgan fingerprint density at radius 1 is 1.28 bits per heavy atom. The van der Waals surface area contributed by atoms with Crippen LogP contribution in [0.1, 0.15) is 17.0 Å². The van der Waals surface area contributed by atoms with Crippen LogP contribution in [0.4, 0.5) is 5.95 Å². The van der Waals surface area contributed by atoms with E-state index in [0.717, 1.165) is 11.1 Å². The quantitative estimate of drug-likeness (QED) is 0.793. The van der Waals surface area contributed by atoms with Gasteiger partial charge in [0.15, 0.2) is 5.69 Å². The zero-order chi connectivity index (χ0) is 13.3. The van der Waals surface area contributed by atoms with E-state index in [1.165, 1.54) is 0 Å². The predicted molar refractivity (Wildman–Crippen MR) is 67.7 cm³/mol. The number of phenols is 1. The summed E-state index contributed by atoms with van der Waals surface area (Å²) in [6.07, 6.45) is 0. The minimum Gasteiger partial charge on any atom is -0.508 e. The molecule has 1 aromatic carbocycles. The first-order valence-electron chi connectivity index (χ1n) is 5.37. The number of nitrogens with two attached hydrogens (primary N) is 1. The lowest BCUT2D eigenvalue weighted by atomic mass is 9.98. The minimum atomic E-state index is 0.0873. The smallest absolute Gasteiger partial charge is 0.221 e. The van der Waals surface area contributed by atoms with Crippen LogP contribution in [0.3, 0.4) is 0 Å². The van der Waals surface area contributed by atoms with Crippen molar-refractivity contribution in [2.24, 2.45) is 0 Å². The summed E-state index contributed by atoms with van der Waals surface area (Å²) >= 11 is 0. The molecule has 0 aliphatic rings. The van der Waals surface area contributed by atoms with Crippen molar-refractivity contribution in [2.45, 2.75) is 13.8 Å². The number of aryl methyl sites for hydroxylation is 2. The highest BCUT2D eigenvalue weighted by Crippen LogP contribution is 2.30. The maximum absolute atomic E-state index is 9.41. The molecule has 2 rings (SSSR count). The maximum atomic E-state index is 9.41. The fraction of sp³-hybridized carbons (Fsp3) is 0.154. The lowest BCUT2D eigenvalue weighted by Crippen LogP contribution is -2.03. The number of hydrogen-bond donors (Lipinski definition) is 2. The fourth-order valence-electron chi connectivity index (χ4n) is 1.93. The van der Waals surface area contributed by atoms with Gasteiger partial charge in [-0.2, -0.15) is 5.26 Å². The van der Waals surface area contributed by atoms with E-state index in [4.69, 9.17) is 11.0 Å². The Morgan fingerprint density at radius 2 is 2.00 bits per heavy atom. The number of aromatic hydroxyl groups is 1. The van der Waals surface area contributed by atoms with E-state index in [1.807, 2.05) is 13.0 Å². The number of nitrogens with zero attached hydrogens (tertiary/aromatic N) is 3. The average molecular weight is 240 g/mol. The van der Waals surface area contributed by atoms with Gasteiger partial charge in [0.25, 0.3) is 0 Å². The minimum absolute atomic E-state index is 0.0873. The molecule has 0 fully saturated rings. The molecule has 1 aromatic heterocycles. The lowest BCUT2D eigenvalue weighted by Gasteiger charge is -2.10. The summed E-state index contributed by atoms with van der Waals surface area (Å²) in [6.45, 7) is 3.63. The van der Waals surface area contributed by atoms with Crippen molar-refractivity contribution in [1.82, 2.24) is 9.97 Å². The third-order valence-electron chi connectivity index (χ3n) is 2.69. The standard InChI is InChI=1S/C13H12N4O/c1-7-5-9(18)3-4-10(7)12-8(2)16-13(15)17-11(12)6-14/h3-5,18H,1-2H3,(H2,15,16,17). The molecule has 2 aromatic rings. The number of aromatic nitrogens is 2. The molecule has 1 heterocycles. The van der Waals surface area contributed by atoms with Crippen molar-refractivity contribution in [3.8, 4) is 22.9 Å². The summed E-state index contributed by atoms with van der Waals surface area (Å²) in [6, 6.07) is 6.97. The van der Waals surface area contributed by atoms with Crippen molar-refractivity contribution in [2.75, 3.05) is 5.73 Å². The van der Waals surface area contributed by atoms with Gasteiger partial charge in [-0.25, -0.2) is 9.97 Å². The number of nitriles is 1. The molecule has 0 radical (unpaired) electrons. The molecule has 90 valence electrons. The second kappa shape index (κ2) is 4.34. The monoisotopic (exact) mass is 240 g/mol. The zero-order valence-corrected chi connectivity index (χ0v) is 10.1. The Kier molecular flexibility index (Phi) is 2.86. The van der Waals surface area contributed by atoms with Gasteiger partial charge >= 0.3 is 0 Å². The van der Waals surface area contributed by atoms with Crippen LogP contribution in [0.5, 0.6) is 5.75 Å². The van der Waals surface area contributed by atoms with Crippen LogP contribution in [0, 0.1) is 25.2 Å². The first-order chi connectivity index (χ1) is 8.52. The molecular formula is C13H12N4O. The average Bonchev–Trinajstić information content (AvgIpc) is 2.29. The molecule has 0 spiro atoms. The SMILES string of the molecule is Cc1cc(O)ccc1-c1c(C)nc(N)nc1C#N. The maximum Gasteiger partial charge on any atom is 0.221 e. The van der Waals surface area contributed by atoms with E-state index in [9.17, 15) is 5.11 Å². The van der Waals surface area contributed by atoms with Gasteiger partial charge in [-0.05, 0) is 37.1 Å². The van der Waals surface area contributed by atoms with E-state index < -0.39 is 0 Å². The molecule has 18 heavy (non-hydrogen) atoms. The van der Waals surface area contributed by atoms with Crippen molar-refractivity contribution in [3.05, 3.63) is 35.2 Å². The molecule has 0 saturated heterocycles. The third kappa shape index (κ3) is 1.96. The van der Waals surface area contributed by atoms with Crippen LogP contribution in [0.2, 0.25) is 0 Å². The van der Waals surface area contributed by atoms with E-state index >= 15 is 0 Å². The Balaban J connectivity index is 2.75. The van der Waals surface area contributed by atoms with E-state index in [-0.39, 0.29) is 17.4 Å². The highest BCUT2D eigenvalue weighted by molar-refractivity contribution is 5.74. The molecule has 5 heteroatoms. The van der Waals surface area contributed by atoms with Crippen LogP contribution in [0.25, 0.3) is 11.1 Å². The summed E-state index contributed by atoms with van der Waals surface area (Å²) in [5.74, 6) is 0.271. The molecule has 5 nitrogen and oxygen atoms in total. The van der Waals surface area contributed by atoms with Gasteiger partial charge in [-0.3, -0.25) is 0 Å².